The molecule has 0 bridgehead atoms. The fourth-order valence-corrected chi connectivity index (χ4v) is 4.65. The molecule has 0 aromatic heterocycles. The fourth-order valence-electron chi connectivity index (χ4n) is 2.77. The summed E-state index contributed by atoms with van der Waals surface area (Å²) in [4.78, 5) is 10.9. The van der Waals surface area contributed by atoms with Crippen LogP contribution < -0.4 is 0 Å². The van der Waals surface area contributed by atoms with Gasteiger partial charge in [-0.3, -0.25) is 0 Å². The van der Waals surface area contributed by atoms with Gasteiger partial charge in [-0.25, -0.2) is 17.6 Å². The Morgan fingerprint density at radius 1 is 1.38 bits per heavy atom. The van der Waals surface area contributed by atoms with Crippen molar-refractivity contribution in [2.75, 3.05) is 6.54 Å². The Hall–Kier alpha value is -1.47. The van der Waals surface area contributed by atoms with Crippen LogP contribution in [0.25, 0.3) is 0 Å². The minimum Gasteiger partial charge on any atom is -0.478 e. The first-order valence-corrected chi connectivity index (χ1v) is 8.14. The molecule has 1 aliphatic rings. The number of benzene rings is 1. The lowest BCUT2D eigenvalue weighted by Gasteiger charge is -2.21. The second-order valence-corrected chi connectivity index (χ2v) is 7.56. The van der Waals surface area contributed by atoms with Gasteiger partial charge in [0.2, 0.25) is 10.0 Å². The van der Waals surface area contributed by atoms with Crippen molar-refractivity contribution in [3.05, 3.63) is 29.1 Å². The molecule has 1 aromatic rings. The second kappa shape index (κ2) is 5.38. The third-order valence-corrected chi connectivity index (χ3v) is 5.75. The molecular weight excluding hydrogens is 297 g/mol. The van der Waals surface area contributed by atoms with Crippen LogP contribution in [0.2, 0.25) is 0 Å². The van der Waals surface area contributed by atoms with Gasteiger partial charge < -0.3 is 5.11 Å². The van der Waals surface area contributed by atoms with Gasteiger partial charge in [0.25, 0.3) is 0 Å². The van der Waals surface area contributed by atoms with Crippen LogP contribution in [0, 0.1) is 18.7 Å². The maximum absolute atomic E-state index is 13.7. The largest absolute Gasteiger partial charge is 0.478 e. The maximum atomic E-state index is 13.7. The van der Waals surface area contributed by atoms with Crippen LogP contribution in [0.5, 0.6) is 0 Å². The van der Waals surface area contributed by atoms with E-state index >= 15 is 0 Å². The molecule has 1 heterocycles. The Labute approximate surface area is 123 Å². The number of carboxylic acids is 1. The summed E-state index contributed by atoms with van der Waals surface area (Å²) >= 11 is 0. The van der Waals surface area contributed by atoms with E-state index in [1.54, 1.807) is 0 Å². The highest BCUT2D eigenvalue weighted by Crippen LogP contribution is 2.30. The number of carbonyl (C=O) groups is 1. The lowest BCUT2D eigenvalue weighted by Crippen LogP contribution is -2.34. The van der Waals surface area contributed by atoms with Crippen LogP contribution in [0.4, 0.5) is 4.39 Å². The predicted octanol–water partition coefficient (Wildman–Crippen LogP) is 2.25. The van der Waals surface area contributed by atoms with Gasteiger partial charge in [0.15, 0.2) is 0 Å². The molecule has 21 heavy (non-hydrogen) atoms. The van der Waals surface area contributed by atoms with Crippen molar-refractivity contribution in [2.45, 2.75) is 38.1 Å². The average Bonchev–Trinajstić information content (AvgIpc) is 2.71. The zero-order chi connectivity index (χ0) is 15.9. The van der Waals surface area contributed by atoms with Gasteiger partial charge in [-0.05, 0) is 43.9 Å². The van der Waals surface area contributed by atoms with E-state index < -0.39 is 27.4 Å². The van der Waals surface area contributed by atoms with Crippen LogP contribution in [0.1, 0.15) is 36.2 Å². The van der Waals surface area contributed by atoms with E-state index in [4.69, 9.17) is 5.11 Å². The molecule has 2 unspecified atom stereocenters. The summed E-state index contributed by atoms with van der Waals surface area (Å²) in [6, 6.07) is 1.94. The van der Waals surface area contributed by atoms with E-state index in [0.717, 1.165) is 12.5 Å². The van der Waals surface area contributed by atoms with Gasteiger partial charge in [-0.1, -0.05) is 6.92 Å². The van der Waals surface area contributed by atoms with Crippen LogP contribution in [-0.2, 0) is 10.0 Å². The maximum Gasteiger partial charge on any atom is 0.338 e. The molecule has 2 atom stereocenters. The lowest BCUT2D eigenvalue weighted by molar-refractivity contribution is 0.0691. The summed E-state index contributed by atoms with van der Waals surface area (Å²) in [6.45, 7) is 5.53. The standard InChI is InChI=1S/C14H18FNO4S/c1-8-4-10(3)16(7-8)21(19,20)11-5-9(2)13(15)12(6-11)14(17)18/h5-6,8,10H,4,7H2,1-3H3,(H,17,18). The number of sulfonamides is 1. The van der Waals surface area contributed by atoms with E-state index in [1.165, 1.54) is 17.3 Å². The number of aryl methyl sites for hydroxylation is 1. The van der Waals surface area contributed by atoms with Gasteiger partial charge in [0.1, 0.15) is 5.82 Å². The molecule has 2 rings (SSSR count). The molecule has 1 aliphatic heterocycles. The Kier molecular flexibility index (Phi) is 4.08. The molecule has 0 saturated carbocycles. The van der Waals surface area contributed by atoms with Crippen molar-refractivity contribution in [3.63, 3.8) is 0 Å². The van der Waals surface area contributed by atoms with E-state index in [2.05, 4.69) is 0 Å². The molecule has 7 heteroatoms. The highest BCUT2D eigenvalue weighted by molar-refractivity contribution is 7.89. The highest BCUT2D eigenvalue weighted by atomic mass is 32.2. The normalized spacial score (nSPS) is 23.4. The number of halogens is 1. The molecule has 0 radical (unpaired) electrons. The molecule has 1 N–H and O–H groups in total. The van der Waals surface area contributed by atoms with E-state index in [-0.39, 0.29) is 22.4 Å². The predicted molar refractivity (Wildman–Crippen MR) is 75.2 cm³/mol. The molecule has 0 amide bonds. The molecule has 0 aliphatic carbocycles. The SMILES string of the molecule is Cc1cc(S(=O)(=O)N2CC(C)CC2C)cc(C(=O)O)c1F. The summed E-state index contributed by atoms with van der Waals surface area (Å²) < 4.78 is 40.4. The van der Waals surface area contributed by atoms with Gasteiger partial charge in [0.05, 0.1) is 10.5 Å². The van der Waals surface area contributed by atoms with E-state index in [1.807, 2.05) is 13.8 Å². The Bertz CT molecular complexity index is 686. The van der Waals surface area contributed by atoms with Crippen LogP contribution >= 0.6 is 0 Å². The van der Waals surface area contributed by atoms with Crippen molar-refractivity contribution in [1.29, 1.82) is 0 Å². The van der Waals surface area contributed by atoms with Crippen molar-refractivity contribution in [1.82, 2.24) is 4.31 Å². The van der Waals surface area contributed by atoms with Gasteiger partial charge >= 0.3 is 5.97 Å². The number of nitrogens with zero attached hydrogens (tertiary/aromatic N) is 1. The molecular formula is C14H18FNO4S. The Morgan fingerprint density at radius 2 is 2.00 bits per heavy atom. The first-order valence-electron chi connectivity index (χ1n) is 6.70. The van der Waals surface area contributed by atoms with E-state index in [9.17, 15) is 17.6 Å². The smallest absolute Gasteiger partial charge is 0.338 e. The summed E-state index contributed by atoms with van der Waals surface area (Å²) in [5.41, 5.74) is -0.609. The molecule has 1 fully saturated rings. The molecule has 116 valence electrons. The van der Waals surface area contributed by atoms with Crippen molar-refractivity contribution >= 4 is 16.0 Å². The molecule has 1 aromatic carbocycles. The lowest BCUT2D eigenvalue weighted by atomic mass is 10.1. The first-order chi connectivity index (χ1) is 9.64. The number of hydrogen-bond donors (Lipinski definition) is 1. The third kappa shape index (κ3) is 2.80. The zero-order valence-electron chi connectivity index (χ0n) is 12.1. The Morgan fingerprint density at radius 3 is 2.48 bits per heavy atom. The quantitative estimate of drug-likeness (QED) is 0.928. The van der Waals surface area contributed by atoms with Gasteiger partial charge in [0, 0.05) is 12.6 Å². The van der Waals surface area contributed by atoms with Crippen molar-refractivity contribution in [3.8, 4) is 0 Å². The topological polar surface area (TPSA) is 74.7 Å². The average molecular weight is 315 g/mol. The number of rotatable bonds is 3. The minimum atomic E-state index is -3.81. The van der Waals surface area contributed by atoms with Gasteiger partial charge in [-0.15, -0.1) is 0 Å². The molecule has 1 saturated heterocycles. The van der Waals surface area contributed by atoms with Crippen LogP contribution in [0.15, 0.2) is 17.0 Å². The highest BCUT2D eigenvalue weighted by Gasteiger charge is 2.36. The second-order valence-electron chi connectivity index (χ2n) is 5.67. The number of aromatic carboxylic acids is 1. The monoisotopic (exact) mass is 315 g/mol. The molecule has 5 nitrogen and oxygen atoms in total. The first kappa shape index (κ1) is 15.9. The fraction of sp³-hybridized carbons (Fsp3) is 0.500. The summed E-state index contributed by atoms with van der Waals surface area (Å²) in [7, 11) is -3.81. The molecule has 0 spiro atoms. The van der Waals surface area contributed by atoms with Crippen LogP contribution in [-0.4, -0.2) is 36.4 Å². The third-order valence-electron chi connectivity index (χ3n) is 3.79. The van der Waals surface area contributed by atoms with Gasteiger partial charge in [-0.2, -0.15) is 4.31 Å². The number of carboxylic acid groups (broad SMARTS) is 1. The van der Waals surface area contributed by atoms with Crippen molar-refractivity contribution in [2.24, 2.45) is 5.92 Å². The number of hydrogen-bond acceptors (Lipinski definition) is 3. The summed E-state index contributed by atoms with van der Waals surface area (Å²) in [6.07, 6.45) is 0.755. The summed E-state index contributed by atoms with van der Waals surface area (Å²) in [5.74, 6) is -2.13. The van der Waals surface area contributed by atoms with E-state index in [0.29, 0.717) is 6.54 Å². The van der Waals surface area contributed by atoms with Crippen LogP contribution in [0.3, 0.4) is 0 Å². The summed E-state index contributed by atoms with van der Waals surface area (Å²) in [5, 5.41) is 8.99. The minimum absolute atomic E-state index is 0.00775. The zero-order valence-corrected chi connectivity index (χ0v) is 12.9. The Balaban J connectivity index is 2.53. The van der Waals surface area contributed by atoms with Crippen molar-refractivity contribution < 1.29 is 22.7 Å².